The third-order valence-electron chi connectivity index (χ3n) is 6.42. The van der Waals surface area contributed by atoms with E-state index in [2.05, 4.69) is 0 Å². The van der Waals surface area contributed by atoms with Gasteiger partial charge in [0, 0.05) is 19.0 Å². The molecule has 1 aliphatic carbocycles. The Hall–Kier alpha value is -1.77. The van der Waals surface area contributed by atoms with E-state index in [1.54, 1.807) is 0 Å². The molecule has 3 nitrogen and oxygen atoms in total. The highest BCUT2D eigenvalue weighted by atomic mass is 19.4. The van der Waals surface area contributed by atoms with Gasteiger partial charge in [-0.2, -0.15) is 26.3 Å². The van der Waals surface area contributed by atoms with Crippen LogP contribution in [0.2, 0.25) is 0 Å². The predicted octanol–water partition coefficient (Wildman–Crippen LogP) is 6.82. The van der Waals surface area contributed by atoms with Gasteiger partial charge in [-0.15, -0.1) is 0 Å². The molecule has 0 spiro atoms. The second-order valence-electron chi connectivity index (χ2n) is 9.34. The molecule has 9 heteroatoms. The van der Waals surface area contributed by atoms with Gasteiger partial charge in [0.2, 0.25) is 0 Å². The van der Waals surface area contributed by atoms with Gasteiger partial charge in [0.05, 0.1) is 19.1 Å². The molecule has 33 heavy (non-hydrogen) atoms. The first kappa shape index (κ1) is 27.5. The molecule has 0 saturated heterocycles. The monoisotopic (exact) mass is 481 g/mol. The minimum atomic E-state index is -4.46. The molecule has 188 valence electrons. The van der Waals surface area contributed by atoms with Gasteiger partial charge < -0.3 is 4.74 Å². The predicted molar refractivity (Wildman–Crippen MR) is 114 cm³/mol. The van der Waals surface area contributed by atoms with E-state index in [0.29, 0.717) is 37.3 Å². The fourth-order valence-corrected chi connectivity index (χ4v) is 4.60. The van der Waals surface area contributed by atoms with Crippen molar-refractivity contribution >= 4 is 5.97 Å². The van der Waals surface area contributed by atoms with Gasteiger partial charge in [0.1, 0.15) is 0 Å². The summed E-state index contributed by atoms with van der Waals surface area (Å²) in [5.41, 5.74) is -0.109. The first-order valence-electron chi connectivity index (χ1n) is 11.3. The largest absolute Gasteiger partial charge is 0.469 e. The molecule has 0 bridgehead atoms. The van der Waals surface area contributed by atoms with Crippen molar-refractivity contribution in [2.24, 2.45) is 11.8 Å². The normalized spacial score (nSPS) is 22.1. The van der Waals surface area contributed by atoms with Crippen molar-refractivity contribution < 1.29 is 35.9 Å². The molecule has 0 aliphatic heterocycles. The van der Waals surface area contributed by atoms with E-state index in [1.165, 1.54) is 19.2 Å². The topological polar surface area (TPSA) is 29.5 Å². The smallest absolute Gasteiger partial charge is 0.416 e. The summed E-state index contributed by atoms with van der Waals surface area (Å²) >= 11 is 0. The molecular weight excluding hydrogens is 448 g/mol. The molecule has 3 atom stereocenters. The summed E-state index contributed by atoms with van der Waals surface area (Å²) in [5, 5.41) is 0. The number of esters is 1. The lowest BCUT2D eigenvalue weighted by Gasteiger charge is -2.43. The molecular formula is C24H33F6NO2. The zero-order valence-electron chi connectivity index (χ0n) is 19.3. The number of ether oxygens (including phenoxy) is 1. The van der Waals surface area contributed by atoms with Crippen LogP contribution in [0.1, 0.15) is 69.4 Å². The molecule has 1 unspecified atom stereocenters. The highest BCUT2D eigenvalue weighted by molar-refractivity contribution is 5.69. The van der Waals surface area contributed by atoms with Crippen molar-refractivity contribution in [3.05, 3.63) is 35.4 Å². The van der Waals surface area contributed by atoms with Gasteiger partial charge in [-0.1, -0.05) is 26.0 Å². The fraction of sp³-hybridized carbons (Fsp3) is 0.708. The number of carbonyl (C=O) groups is 1. The molecule has 1 saturated carbocycles. The van der Waals surface area contributed by atoms with Crippen molar-refractivity contribution in [2.75, 3.05) is 20.2 Å². The highest BCUT2D eigenvalue weighted by Crippen LogP contribution is 2.42. The minimum absolute atomic E-state index is 0.0319. The molecule has 1 fully saturated rings. The van der Waals surface area contributed by atoms with Crippen LogP contribution in [0.3, 0.4) is 0 Å². The second kappa shape index (κ2) is 11.6. The van der Waals surface area contributed by atoms with Crippen LogP contribution in [0, 0.1) is 11.8 Å². The summed E-state index contributed by atoms with van der Waals surface area (Å²) in [6.45, 7) is 4.34. The molecule has 1 aromatic carbocycles. The van der Waals surface area contributed by atoms with Gasteiger partial charge in [0.25, 0.3) is 0 Å². The third-order valence-corrected chi connectivity index (χ3v) is 6.42. The number of hydrogen-bond donors (Lipinski definition) is 0. The zero-order chi connectivity index (χ0) is 24.8. The molecule has 0 amide bonds. The van der Waals surface area contributed by atoms with Crippen LogP contribution in [0.5, 0.6) is 0 Å². The Kier molecular flexibility index (Phi) is 9.64. The first-order valence-corrected chi connectivity index (χ1v) is 11.3. The maximum absolute atomic E-state index is 13.0. The zero-order valence-corrected chi connectivity index (χ0v) is 19.3. The number of benzene rings is 1. The maximum Gasteiger partial charge on any atom is 0.416 e. The van der Waals surface area contributed by atoms with Gasteiger partial charge >= 0.3 is 18.3 Å². The van der Waals surface area contributed by atoms with Gasteiger partial charge in [0.15, 0.2) is 0 Å². The number of rotatable bonds is 9. The molecule has 0 heterocycles. The number of alkyl halides is 6. The average molecular weight is 482 g/mol. The molecule has 1 aromatic rings. The summed E-state index contributed by atoms with van der Waals surface area (Å²) in [5.74, 6) is -0.358. The summed E-state index contributed by atoms with van der Waals surface area (Å²) in [7, 11) is 1.30. The lowest BCUT2D eigenvalue weighted by atomic mass is 9.73. The Labute approximate surface area is 191 Å². The Morgan fingerprint density at radius 2 is 1.70 bits per heavy atom. The minimum Gasteiger partial charge on any atom is -0.469 e. The molecule has 1 aliphatic rings. The summed E-state index contributed by atoms with van der Waals surface area (Å²) in [4.78, 5) is 13.7. The van der Waals surface area contributed by atoms with E-state index >= 15 is 0 Å². The van der Waals surface area contributed by atoms with Crippen molar-refractivity contribution in [2.45, 2.75) is 76.7 Å². The Morgan fingerprint density at radius 1 is 1.06 bits per heavy atom. The van der Waals surface area contributed by atoms with E-state index < -0.39 is 24.3 Å². The van der Waals surface area contributed by atoms with Gasteiger partial charge in [-0.05, 0) is 67.7 Å². The second-order valence-corrected chi connectivity index (χ2v) is 9.34. The average Bonchev–Trinajstić information content (AvgIpc) is 2.72. The van der Waals surface area contributed by atoms with Crippen LogP contribution in [-0.4, -0.2) is 43.3 Å². The highest BCUT2D eigenvalue weighted by Gasteiger charge is 2.38. The number of halogens is 6. The van der Waals surface area contributed by atoms with Crippen molar-refractivity contribution in [1.82, 2.24) is 4.90 Å². The van der Waals surface area contributed by atoms with Crippen LogP contribution < -0.4 is 0 Å². The Morgan fingerprint density at radius 3 is 2.21 bits per heavy atom. The van der Waals surface area contributed by atoms with Gasteiger partial charge in [-0.3, -0.25) is 9.69 Å². The van der Waals surface area contributed by atoms with Crippen LogP contribution in [0.4, 0.5) is 26.3 Å². The van der Waals surface area contributed by atoms with E-state index in [1.807, 2.05) is 18.7 Å². The summed E-state index contributed by atoms with van der Waals surface area (Å²) in [6.07, 6.45) is -7.04. The van der Waals surface area contributed by atoms with Crippen LogP contribution in [0.25, 0.3) is 0 Å². The van der Waals surface area contributed by atoms with Crippen molar-refractivity contribution in [1.29, 1.82) is 0 Å². The van der Waals surface area contributed by atoms with Gasteiger partial charge in [-0.25, -0.2) is 0 Å². The standard InChI is InChI=1S/C24H33F6NO2/c1-16(2)10-12-31(13-11-23(25,26)27)21-9-4-17(15-22(32)33-3)14-20(21)18-5-7-19(8-6-18)24(28,29)30/h5-8,16-17,20-21H,4,9-15H2,1-3H3/t17?,20-,21+/m0/s1. The Balaban J connectivity index is 2.32. The number of carbonyl (C=O) groups excluding carboxylic acids is 1. The lowest BCUT2D eigenvalue weighted by molar-refractivity contribution is -0.143. The van der Waals surface area contributed by atoms with Crippen LogP contribution in [0.15, 0.2) is 24.3 Å². The van der Waals surface area contributed by atoms with E-state index in [9.17, 15) is 31.1 Å². The third kappa shape index (κ3) is 8.83. The number of nitrogens with zero attached hydrogens (tertiary/aromatic N) is 1. The summed E-state index contributed by atoms with van der Waals surface area (Å²) in [6, 6.07) is 4.64. The van der Waals surface area contributed by atoms with Crippen LogP contribution >= 0.6 is 0 Å². The quantitative estimate of drug-likeness (QED) is 0.286. The first-order chi connectivity index (χ1) is 15.3. The fourth-order valence-electron chi connectivity index (χ4n) is 4.60. The molecule has 2 rings (SSSR count). The van der Waals surface area contributed by atoms with Crippen molar-refractivity contribution in [3.8, 4) is 0 Å². The molecule has 0 radical (unpaired) electrons. The number of methoxy groups -OCH3 is 1. The summed E-state index contributed by atoms with van der Waals surface area (Å²) < 4.78 is 82.9. The maximum atomic E-state index is 13.0. The lowest BCUT2D eigenvalue weighted by Crippen LogP contribution is -2.45. The SMILES string of the molecule is COC(=O)CC1CC[C@@H](N(CCC(C)C)CCC(F)(F)F)[C@H](c2ccc(C(F)(F)F)cc2)C1. The van der Waals surface area contributed by atoms with E-state index in [-0.39, 0.29) is 36.8 Å². The van der Waals surface area contributed by atoms with E-state index in [4.69, 9.17) is 4.74 Å². The Bertz CT molecular complexity index is 745. The molecule has 0 aromatic heterocycles. The van der Waals surface area contributed by atoms with Crippen molar-refractivity contribution in [3.63, 3.8) is 0 Å². The molecule has 0 N–H and O–H groups in total. The van der Waals surface area contributed by atoms with E-state index in [0.717, 1.165) is 18.6 Å². The number of hydrogen-bond acceptors (Lipinski definition) is 3. The van der Waals surface area contributed by atoms with Crippen LogP contribution in [-0.2, 0) is 15.7 Å².